The molecule has 0 aromatic heterocycles. The molecule has 1 aromatic rings. The summed E-state index contributed by atoms with van der Waals surface area (Å²) in [6, 6.07) is 4.58. The molecule has 1 aromatic carbocycles. The lowest BCUT2D eigenvalue weighted by Gasteiger charge is -2.20. The molecule has 0 radical (unpaired) electrons. The zero-order valence-corrected chi connectivity index (χ0v) is 9.70. The highest BCUT2D eigenvalue weighted by Crippen LogP contribution is 2.53. The molecule has 2 N–H and O–H groups in total. The van der Waals surface area contributed by atoms with Crippen molar-refractivity contribution >= 4 is 17.3 Å². The quantitative estimate of drug-likeness (QED) is 0.652. The van der Waals surface area contributed by atoms with E-state index in [2.05, 4.69) is 0 Å². The first-order valence-corrected chi connectivity index (χ1v) is 5.55. The van der Waals surface area contributed by atoms with Gasteiger partial charge in [0.1, 0.15) is 0 Å². The monoisotopic (exact) mass is 240 g/mol. The van der Waals surface area contributed by atoms with Crippen LogP contribution in [0.1, 0.15) is 25.3 Å². The molecule has 2 rings (SSSR count). The predicted molar refractivity (Wildman–Crippen MR) is 62.7 cm³/mol. The van der Waals surface area contributed by atoms with Crippen molar-refractivity contribution in [2.45, 2.75) is 31.2 Å². The minimum Gasteiger partial charge on any atom is -0.327 e. The molecule has 1 aliphatic rings. The Hall–Kier alpha value is -1.13. The van der Waals surface area contributed by atoms with Crippen molar-refractivity contribution in [2.75, 3.05) is 0 Å². The van der Waals surface area contributed by atoms with Gasteiger partial charge in [-0.25, -0.2) is 0 Å². The molecule has 1 atom stereocenters. The summed E-state index contributed by atoms with van der Waals surface area (Å²) >= 11 is 5.90. The fourth-order valence-corrected chi connectivity index (χ4v) is 2.34. The van der Waals surface area contributed by atoms with Crippen LogP contribution in [-0.4, -0.2) is 11.0 Å². The van der Waals surface area contributed by atoms with Gasteiger partial charge in [0, 0.05) is 28.1 Å². The highest BCUT2D eigenvalue weighted by Gasteiger charge is 2.50. The average molecular weight is 241 g/mol. The van der Waals surface area contributed by atoms with E-state index in [9.17, 15) is 10.1 Å². The number of benzene rings is 1. The molecule has 1 fully saturated rings. The predicted octanol–water partition coefficient (Wildman–Crippen LogP) is 2.63. The Morgan fingerprint density at radius 1 is 1.56 bits per heavy atom. The second-order valence-corrected chi connectivity index (χ2v) is 4.80. The van der Waals surface area contributed by atoms with Gasteiger partial charge in [0.05, 0.1) is 4.92 Å². The lowest BCUT2D eigenvalue weighted by molar-refractivity contribution is -0.385. The Morgan fingerprint density at radius 3 is 2.62 bits per heavy atom. The van der Waals surface area contributed by atoms with Crippen LogP contribution in [-0.2, 0) is 5.41 Å². The molecule has 0 amide bonds. The van der Waals surface area contributed by atoms with Crippen LogP contribution in [0.2, 0.25) is 5.02 Å². The molecular formula is C11H13ClN2O2. The highest BCUT2D eigenvalue weighted by atomic mass is 35.5. The van der Waals surface area contributed by atoms with Crippen LogP contribution in [0.25, 0.3) is 0 Å². The number of hydrogen-bond acceptors (Lipinski definition) is 3. The maximum atomic E-state index is 11.0. The first-order valence-electron chi connectivity index (χ1n) is 5.17. The van der Waals surface area contributed by atoms with Crippen molar-refractivity contribution in [2.24, 2.45) is 5.73 Å². The van der Waals surface area contributed by atoms with Gasteiger partial charge in [0.2, 0.25) is 0 Å². The minimum atomic E-state index is -0.367. The molecule has 0 spiro atoms. The van der Waals surface area contributed by atoms with Gasteiger partial charge in [0.15, 0.2) is 0 Å². The zero-order chi connectivity index (χ0) is 11.9. The summed E-state index contributed by atoms with van der Waals surface area (Å²) < 4.78 is 0. The maximum Gasteiger partial charge on any atom is 0.273 e. The van der Waals surface area contributed by atoms with Crippen LogP contribution < -0.4 is 5.73 Å². The van der Waals surface area contributed by atoms with E-state index in [0.717, 1.165) is 12.8 Å². The molecular weight excluding hydrogens is 228 g/mol. The summed E-state index contributed by atoms with van der Waals surface area (Å²) in [5, 5.41) is 11.5. The van der Waals surface area contributed by atoms with Crippen molar-refractivity contribution in [1.82, 2.24) is 0 Å². The molecule has 1 saturated carbocycles. The average Bonchev–Trinajstić information content (AvgIpc) is 2.97. The third-order valence-corrected chi connectivity index (χ3v) is 3.59. The van der Waals surface area contributed by atoms with Gasteiger partial charge in [0.25, 0.3) is 5.69 Å². The van der Waals surface area contributed by atoms with E-state index in [1.165, 1.54) is 6.07 Å². The summed E-state index contributed by atoms with van der Waals surface area (Å²) in [6.45, 7) is 1.89. The molecule has 0 saturated heterocycles. The topological polar surface area (TPSA) is 69.2 Å². The fraction of sp³-hybridized carbons (Fsp3) is 0.455. The van der Waals surface area contributed by atoms with E-state index in [-0.39, 0.29) is 22.1 Å². The van der Waals surface area contributed by atoms with Gasteiger partial charge in [-0.15, -0.1) is 0 Å². The molecule has 1 aliphatic carbocycles. The molecule has 86 valence electrons. The Kier molecular flexibility index (Phi) is 2.64. The van der Waals surface area contributed by atoms with Crippen molar-refractivity contribution in [1.29, 1.82) is 0 Å². The smallest absolute Gasteiger partial charge is 0.273 e. The van der Waals surface area contributed by atoms with Gasteiger partial charge < -0.3 is 5.73 Å². The van der Waals surface area contributed by atoms with E-state index in [1.807, 2.05) is 6.92 Å². The number of hydrogen-bond donors (Lipinski definition) is 1. The summed E-state index contributed by atoms with van der Waals surface area (Å²) in [5.41, 5.74) is 6.48. The summed E-state index contributed by atoms with van der Waals surface area (Å²) in [7, 11) is 0. The molecule has 1 unspecified atom stereocenters. The normalized spacial score (nSPS) is 19.2. The Labute approximate surface area is 98.5 Å². The summed E-state index contributed by atoms with van der Waals surface area (Å²) in [5.74, 6) is 0. The summed E-state index contributed by atoms with van der Waals surface area (Å²) in [6.07, 6.45) is 1.79. The minimum absolute atomic E-state index is 0.0929. The lowest BCUT2D eigenvalue weighted by Crippen LogP contribution is -2.32. The van der Waals surface area contributed by atoms with E-state index < -0.39 is 0 Å². The van der Waals surface area contributed by atoms with Gasteiger partial charge in [-0.3, -0.25) is 10.1 Å². The second-order valence-electron chi connectivity index (χ2n) is 4.36. The SMILES string of the molecule is CC(N)C1(c2cc(Cl)ccc2[N+](=O)[O-])CC1. The molecule has 16 heavy (non-hydrogen) atoms. The maximum absolute atomic E-state index is 11.0. The van der Waals surface area contributed by atoms with Gasteiger partial charge in [-0.05, 0) is 31.9 Å². The zero-order valence-electron chi connectivity index (χ0n) is 8.94. The van der Waals surface area contributed by atoms with Gasteiger partial charge in [-0.2, -0.15) is 0 Å². The van der Waals surface area contributed by atoms with Gasteiger partial charge >= 0.3 is 0 Å². The largest absolute Gasteiger partial charge is 0.327 e. The van der Waals surface area contributed by atoms with E-state index in [1.54, 1.807) is 12.1 Å². The number of rotatable bonds is 3. The second kappa shape index (κ2) is 3.71. The Bertz CT molecular complexity index is 442. The standard InChI is InChI=1S/C11H13ClN2O2/c1-7(13)11(4-5-11)9-6-8(12)2-3-10(9)14(15)16/h2-3,6-7H,4-5,13H2,1H3. The van der Waals surface area contributed by atoms with Crippen molar-refractivity contribution in [3.63, 3.8) is 0 Å². The van der Waals surface area contributed by atoms with Crippen molar-refractivity contribution in [3.05, 3.63) is 38.9 Å². The molecule has 0 bridgehead atoms. The first-order chi connectivity index (χ1) is 7.47. The van der Waals surface area contributed by atoms with Crippen LogP contribution in [0.4, 0.5) is 5.69 Å². The Balaban J connectivity index is 2.54. The molecule has 0 heterocycles. The van der Waals surface area contributed by atoms with Crippen LogP contribution >= 0.6 is 11.6 Å². The molecule has 4 nitrogen and oxygen atoms in total. The molecule has 5 heteroatoms. The van der Waals surface area contributed by atoms with Crippen LogP contribution in [0.15, 0.2) is 18.2 Å². The number of nitrogens with two attached hydrogens (primary N) is 1. The lowest BCUT2D eigenvalue weighted by atomic mass is 9.88. The van der Waals surface area contributed by atoms with E-state index >= 15 is 0 Å². The Morgan fingerprint density at radius 2 is 2.19 bits per heavy atom. The van der Waals surface area contributed by atoms with Crippen molar-refractivity contribution < 1.29 is 4.92 Å². The van der Waals surface area contributed by atoms with E-state index in [4.69, 9.17) is 17.3 Å². The van der Waals surface area contributed by atoms with Crippen LogP contribution in [0.5, 0.6) is 0 Å². The van der Waals surface area contributed by atoms with E-state index in [0.29, 0.717) is 10.6 Å². The summed E-state index contributed by atoms with van der Waals surface area (Å²) in [4.78, 5) is 10.6. The number of halogens is 1. The number of nitro groups is 1. The molecule has 0 aliphatic heterocycles. The first kappa shape index (κ1) is 11.4. The fourth-order valence-electron chi connectivity index (χ4n) is 2.17. The number of nitrogens with zero attached hydrogens (tertiary/aromatic N) is 1. The van der Waals surface area contributed by atoms with Gasteiger partial charge in [-0.1, -0.05) is 11.6 Å². The van der Waals surface area contributed by atoms with Crippen LogP contribution in [0, 0.1) is 10.1 Å². The number of nitro benzene ring substituents is 1. The van der Waals surface area contributed by atoms with Crippen LogP contribution in [0.3, 0.4) is 0 Å². The third-order valence-electron chi connectivity index (χ3n) is 3.35. The van der Waals surface area contributed by atoms with Crippen molar-refractivity contribution in [3.8, 4) is 0 Å². The highest BCUT2D eigenvalue weighted by molar-refractivity contribution is 6.30. The third kappa shape index (κ3) is 1.68.